The van der Waals surface area contributed by atoms with E-state index in [9.17, 15) is 14.3 Å². The molecule has 0 aromatic heterocycles. The zero-order valence-corrected chi connectivity index (χ0v) is 15.5. The van der Waals surface area contributed by atoms with Gasteiger partial charge in [-0.2, -0.15) is 0 Å². The molecule has 2 heterocycles. The van der Waals surface area contributed by atoms with Gasteiger partial charge in [-0.05, 0) is 6.07 Å². The van der Waals surface area contributed by atoms with E-state index in [1.807, 2.05) is 18.2 Å². The van der Waals surface area contributed by atoms with Crippen molar-refractivity contribution in [1.29, 1.82) is 0 Å². The summed E-state index contributed by atoms with van der Waals surface area (Å²) in [6, 6.07) is 15.5. The number of aliphatic hydroxyl groups excluding tert-OH is 1. The first-order chi connectivity index (χ1) is 13.1. The monoisotopic (exact) mass is 385 g/mol. The molecule has 2 aliphatic rings. The SMILES string of the molecule is O=C(CC1=N[C@@]2(c3ccccc3F)COC[C@H](O)[C@H]2CS1)c1ccccc1. The second-order valence-electron chi connectivity index (χ2n) is 6.88. The molecule has 1 fully saturated rings. The normalized spacial score (nSPS) is 27.6. The fraction of sp³-hybridized carbons (Fsp3) is 0.333. The van der Waals surface area contributed by atoms with Crippen molar-refractivity contribution < 1.29 is 19.0 Å². The predicted molar refractivity (Wildman–Crippen MR) is 104 cm³/mol. The summed E-state index contributed by atoms with van der Waals surface area (Å²) in [5, 5.41) is 11.1. The minimum atomic E-state index is -0.999. The maximum Gasteiger partial charge on any atom is 0.169 e. The molecule has 2 aromatic carbocycles. The molecular formula is C21H20FNO3S. The highest BCUT2D eigenvalue weighted by atomic mass is 32.2. The molecule has 4 rings (SSSR count). The number of aliphatic hydroxyl groups is 1. The van der Waals surface area contributed by atoms with Gasteiger partial charge in [-0.15, -0.1) is 11.8 Å². The lowest BCUT2D eigenvalue weighted by Crippen LogP contribution is -2.54. The van der Waals surface area contributed by atoms with Crippen LogP contribution in [0.3, 0.4) is 0 Å². The average molecular weight is 385 g/mol. The number of carbonyl (C=O) groups is 1. The molecule has 0 amide bonds. The Labute approximate surface area is 161 Å². The van der Waals surface area contributed by atoms with E-state index in [1.54, 1.807) is 30.3 Å². The number of rotatable bonds is 4. The van der Waals surface area contributed by atoms with E-state index in [2.05, 4.69) is 0 Å². The van der Waals surface area contributed by atoms with Crippen molar-refractivity contribution in [3.05, 3.63) is 71.5 Å². The van der Waals surface area contributed by atoms with Gasteiger partial charge in [0.25, 0.3) is 0 Å². The first kappa shape index (κ1) is 18.3. The number of hydrogen-bond donors (Lipinski definition) is 1. The lowest BCUT2D eigenvalue weighted by molar-refractivity contribution is -0.0859. The largest absolute Gasteiger partial charge is 0.390 e. The van der Waals surface area contributed by atoms with Crippen molar-refractivity contribution in [3.8, 4) is 0 Å². The van der Waals surface area contributed by atoms with Gasteiger partial charge in [-0.25, -0.2) is 4.39 Å². The number of thioether (sulfide) groups is 1. The molecule has 2 aliphatic heterocycles. The van der Waals surface area contributed by atoms with Gasteiger partial charge < -0.3 is 9.84 Å². The summed E-state index contributed by atoms with van der Waals surface area (Å²) < 4.78 is 20.2. The van der Waals surface area contributed by atoms with Crippen LogP contribution in [-0.2, 0) is 10.3 Å². The van der Waals surface area contributed by atoms with Crippen molar-refractivity contribution in [1.82, 2.24) is 0 Å². The fourth-order valence-corrected chi connectivity index (χ4v) is 5.12. The molecule has 140 valence electrons. The van der Waals surface area contributed by atoms with Gasteiger partial charge >= 0.3 is 0 Å². The van der Waals surface area contributed by atoms with Crippen LogP contribution >= 0.6 is 11.8 Å². The van der Waals surface area contributed by atoms with Crippen molar-refractivity contribution in [3.63, 3.8) is 0 Å². The summed E-state index contributed by atoms with van der Waals surface area (Å²) >= 11 is 1.47. The second-order valence-corrected chi connectivity index (χ2v) is 7.97. The van der Waals surface area contributed by atoms with Gasteiger partial charge in [-0.3, -0.25) is 9.79 Å². The van der Waals surface area contributed by atoms with E-state index in [-0.39, 0.29) is 37.2 Å². The van der Waals surface area contributed by atoms with Crippen LogP contribution in [0, 0.1) is 11.7 Å². The fourth-order valence-electron chi connectivity index (χ4n) is 3.79. The number of ether oxygens (including phenoxy) is 1. The predicted octanol–water partition coefficient (Wildman–Crippen LogP) is 3.45. The third-order valence-corrected chi connectivity index (χ3v) is 6.28. The molecule has 0 aliphatic carbocycles. The third kappa shape index (κ3) is 3.45. The Morgan fingerprint density at radius 2 is 1.96 bits per heavy atom. The van der Waals surface area contributed by atoms with Crippen LogP contribution in [0.4, 0.5) is 4.39 Å². The Morgan fingerprint density at radius 3 is 2.74 bits per heavy atom. The highest BCUT2D eigenvalue weighted by molar-refractivity contribution is 8.14. The van der Waals surface area contributed by atoms with Crippen molar-refractivity contribution in [2.24, 2.45) is 10.9 Å². The van der Waals surface area contributed by atoms with E-state index in [0.29, 0.717) is 21.9 Å². The Kier molecular flexibility index (Phi) is 5.12. The average Bonchev–Trinajstić information content (AvgIpc) is 2.69. The van der Waals surface area contributed by atoms with Crippen molar-refractivity contribution >= 4 is 22.6 Å². The molecule has 27 heavy (non-hydrogen) atoms. The standard InChI is InChI=1S/C21H20FNO3S/c22-17-9-5-4-8-15(17)21-13-26-11-19(25)16(21)12-27-20(23-21)10-18(24)14-6-2-1-3-7-14/h1-9,16,19,25H,10-13H2/t16-,19+,21-/m1/s1. The number of ketones is 1. The van der Waals surface area contributed by atoms with Crippen molar-refractivity contribution in [2.75, 3.05) is 19.0 Å². The van der Waals surface area contributed by atoms with Gasteiger partial charge in [-0.1, -0.05) is 48.5 Å². The summed E-state index contributed by atoms with van der Waals surface area (Å²) in [5.41, 5.74) is 0.0436. The zero-order chi connectivity index (χ0) is 18.9. The number of fused-ring (bicyclic) bond motifs is 1. The van der Waals surface area contributed by atoms with Crippen LogP contribution in [-0.4, -0.2) is 41.0 Å². The number of nitrogens with zero attached hydrogens (tertiary/aromatic N) is 1. The van der Waals surface area contributed by atoms with Gasteiger partial charge in [0.1, 0.15) is 11.4 Å². The maximum atomic E-state index is 14.6. The lowest BCUT2D eigenvalue weighted by atomic mass is 9.75. The Hall–Kier alpha value is -2.02. The van der Waals surface area contributed by atoms with Crippen LogP contribution in [0.15, 0.2) is 59.6 Å². The third-order valence-electron chi connectivity index (χ3n) is 5.19. The van der Waals surface area contributed by atoms with E-state index >= 15 is 0 Å². The summed E-state index contributed by atoms with van der Waals surface area (Å²) in [6.45, 7) is 0.411. The number of benzene rings is 2. The van der Waals surface area contributed by atoms with E-state index in [1.165, 1.54) is 17.8 Å². The molecule has 4 nitrogen and oxygen atoms in total. The van der Waals surface area contributed by atoms with Crippen LogP contribution in [0.2, 0.25) is 0 Å². The van der Waals surface area contributed by atoms with Gasteiger partial charge in [0, 0.05) is 22.8 Å². The van der Waals surface area contributed by atoms with Gasteiger partial charge in [0.05, 0.1) is 30.8 Å². The van der Waals surface area contributed by atoms with Crippen LogP contribution in [0.1, 0.15) is 22.3 Å². The van der Waals surface area contributed by atoms with E-state index < -0.39 is 11.6 Å². The molecule has 1 N–H and O–H groups in total. The molecule has 0 radical (unpaired) electrons. The summed E-state index contributed by atoms with van der Waals surface area (Å²) in [7, 11) is 0. The molecule has 2 aromatic rings. The summed E-state index contributed by atoms with van der Waals surface area (Å²) in [6.07, 6.45) is -0.561. The number of aliphatic imine (C=N–C) groups is 1. The topological polar surface area (TPSA) is 58.9 Å². The number of hydrogen-bond acceptors (Lipinski definition) is 5. The maximum absolute atomic E-state index is 14.6. The molecule has 1 saturated heterocycles. The smallest absolute Gasteiger partial charge is 0.169 e. The van der Waals surface area contributed by atoms with E-state index in [0.717, 1.165) is 0 Å². The number of halogens is 1. The quantitative estimate of drug-likeness (QED) is 0.819. The van der Waals surface area contributed by atoms with Crippen LogP contribution < -0.4 is 0 Å². The highest BCUT2D eigenvalue weighted by Crippen LogP contribution is 2.46. The molecule has 3 atom stereocenters. The molecular weight excluding hydrogens is 365 g/mol. The molecule has 0 saturated carbocycles. The van der Waals surface area contributed by atoms with Gasteiger partial charge in [0.2, 0.25) is 0 Å². The van der Waals surface area contributed by atoms with Crippen LogP contribution in [0.25, 0.3) is 0 Å². The number of carbonyl (C=O) groups excluding carboxylic acids is 1. The molecule has 0 spiro atoms. The number of Topliss-reactive ketones (excluding diaryl/α,β-unsaturated/α-hetero) is 1. The van der Waals surface area contributed by atoms with E-state index in [4.69, 9.17) is 9.73 Å². The second kappa shape index (κ2) is 7.54. The first-order valence-corrected chi connectivity index (χ1v) is 9.89. The van der Waals surface area contributed by atoms with Crippen LogP contribution in [0.5, 0.6) is 0 Å². The highest BCUT2D eigenvalue weighted by Gasteiger charge is 2.51. The molecule has 6 heteroatoms. The Morgan fingerprint density at radius 1 is 1.22 bits per heavy atom. The minimum Gasteiger partial charge on any atom is -0.390 e. The van der Waals surface area contributed by atoms with Gasteiger partial charge in [0.15, 0.2) is 5.78 Å². The molecule has 0 unspecified atom stereocenters. The molecule has 0 bridgehead atoms. The summed E-state index contributed by atoms with van der Waals surface area (Å²) in [5.74, 6) is -0.0886. The van der Waals surface area contributed by atoms with Crippen molar-refractivity contribution in [2.45, 2.75) is 18.1 Å². The summed E-state index contributed by atoms with van der Waals surface area (Å²) in [4.78, 5) is 17.4. The lowest BCUT2D eigenvalue weighted by Gasteiger charge is -2.46. The minimum absolute atomic E-state index is 0.0266. The zero-order valence-electron chi connectivity index (χ0n) is 14.7. The Bertz CT molecular complexity index is 873. The Balaban J connectivity index is 1.71. The first-order valence-electron chi connectivity index (χ1n) is 8.91.